The van der Waals surface area contributed by atoms with Crippen molar-refractivity contribution < 1.29 is 4.84 Å². The Morgan fingerprint density at radius 1 is 1.64 bits per heavy atom. The summed E-state index contributed by atoms with van der Waals surface area (Å²) >= 11 is 0. The van der Waals surface area contributed by atoms with E-state index in [1.54, 1.807) is 6.20 Å². The van der Waals surface area contributed by atoms with Crippen molar-refractivity contribution in [1.29, 1.82) is 0 Å². The molecule has 11 heavy (non-hydrogen) atoms. The van der Waals surface area contributed by atoms with Crippen molar-refractivity contribution >= 4 is 0 Å². The molecule has 0 aromatic carbocycles. The monoisotopic (exact) mass is 157 g/mol. The summed E-state index contributed by atoms with van der Waals surface area (Å²) in [5.74, 6) is 0.432. The number of unbranched alkanes of at least 4 members (excludes halogenated alkanes) is 2. The molecule has 0 saturated carbocycles. The Morgan fingerprint density at radius 3 is 3.00 bits per heavy atom. The molecule has 0 aromatic rings. The topological polar surface area (TPSA) is 50.5 Å². The molecule has 1 aliphatic heterocycles. The summed E-state index contributed by atoms with van der Waals surface area (Å²) in [6.07, 6.45) is 5.39. The number of nitrogens with one attached hydrogen (secondary N) is 1. The summed E-state index contributed by atoms with van der Waals surface area (Å²) in [7, 11) is 0. The van der Waals surface area contributed by atoms with Gasteiger partial charge in [-0.05, 0) is 6.42 Å². The van der Waals surface area contributed by atoms with Gasteiger partial charge in [0.2, 0.25) is 5.88 Å². The van der Waals surface area contributed by atoms with Crippen LogP contribution in [0.2, 0.25) is 0 Å². The van der Waals surface area contributed by atoms with Gasteiger partial charge >= 0.3 is 0 Å². The van der Waals surface area contributed by atoms with Gasteiger partial charge in [0.1, 0.15) is 0 Å². The number of hydrazine groups is 1. The molecular weight excluding hydrogens is 142 g/mol. The second-order valence-electron chi connectivity index (χ2n) is 2.63. The molecule has 0 aliphatic carbocycles. The number of hydrogen-bond donors (Lipinski definition) is 2. The van der Waals surface area contributed by atoms with Gasteiger partial charge in [-0.3, -0.25) is 5.01 Å². The van der Waals surface area contributed by atoms with Crippen molar-refractivity contribution in [3.05, 3.63) is 12.1 Å². The lowest BCUT2D eigenvalue weighted by Gasteiger charge is -2.11. The molecule has 4 nitrogen and oxygen atoms in total. The van der Waals surface area contributed by atoms with Crippen LogP contribution in [0.4, 0.5) is 0 Å². The molecule has 1 aliphatic rings. The molecule has 0 atom stereocenters. The summed E-state index contributed by atoms with van der Waals surface area (Å²) in [4.78, 5) is 4.81. The third kappa shape index (κ3) is 2.67. The molecule has 0 bridgehead atoms. The van der Waals surface area contributed by atoms with Crippen LogP contribution in [-0.2, 0) is 4.84 Å². The summed E-state index contributed by atoms with van der Waals surface area (Å²) in [5.41, 5.74) is 8.05. The van der Waals surface area contributed by atoms with Gasteiger partial charge in [-0.25, -0.2) is 0 Å². The zero-order valence-corrected chi connectivity index (χ0v) is 6.84. The van der Waals surface area contributed by atoms with Gasteiger partial charge < -0.3 is 10.6 Å². The predicted molar refractivity (Wildman–Crippen MR) is 42.7 cm³/mol. The molecule has 3 N–H and O–H groups in total. The Kier molecular flexibility index (Phi) is 3.04. The number of hydrogen-bond acceptors (Lipinski definition) is 4. The molecule has 0 fully saturated rings. The first-order valence-corrected chi connectivity index (χ1v) is 3.99. The van der Waals surface area contributed by atoms with Crippen molar-refractivity contribution in [3.8, 4) is 0 Å². The normalized spacial score (nSPS) is 16.5. The molecule has 0 spiro atoms. The van der Waals surface area contributed by atoms with Crippen LogP contribution < -0.4 is 11.3 Å². The first-order chi connectivity index (χ1) is 5.33. The maximum atomic E-state index is 5.36. The van der Waals surface area contributed by atoms with Gasteiger partial charge in [0.25, 0.3) is 0 Å². The van der Waals surface area contributed by atoms with Crippen LogP contribution in [0.15, 0.2) is 12.1 Å². The van der Waals surface area contributed by atoms with E-state index in [-0.39, 0.29) is 0 Å². The highest BCUT2D eigenvalue weighted by Crippen LogP contribution is 2.02. The number of rotatable bonds is 4. The van der Waals surface area contributed by atoms with E-state index in [1.165, 1.54) is 12.8 Å². The van der Waals surface area contributed by atoms with Gasteiger partial charge in [-0.1, -0.05) is 25.4 Å². The molecule has 0 saturated heterocycles. The lowest BCUT2D eigenvalue weighted by atomic mass is 10.2. The van der Waals surface area contributed by atoms with Crippen LogP contribution in [0, 0.1) is 0 Å². The van der Waals surface area contributed by atoms with Gasteiger partial charge in [-0.15, -0.1) is 0 Å². The smallest absolute Gasteiger partial charge is 0.229 e. The highest BCUT2D eigenvalue weighted by Gasteiger charge is 2.08. The van der Waals surface area contributed by atoms with E-state index >= 15 is 0 Å². The molecule has 1 rings (SSSR count). The summed E-state index contributed by atoms with van der Waals surface area (Å²) in [6.45, 7) is 3.13. The predicted octanol–water partition coefficient (Wildman–Crippen LogP) is 0.686. The van der Waals surface area contributed by atoms with Gasteiger partial charge in [0, 0.05) is 6.54 Å². The fourth-order valence-corrected chi connectivity index (χ4v) is 0.960. The van der Waals surface area contributed by atoms with E-state index < -0.39 is 0 Å². The van der Waals surface area contributed by atoms with Crippen LogP contribution in [0.25, 0.3) is 0 Å². The maximum absolute atomic E-state index is 5.36. The fourth-order valence-electron chi connectivity index (χ4n) is 0.960. The van der Waals surface area contributed by atoms with E-state index in [1.807, 2.05) is 5.01 Å². The molecule has 4 heteroatoms. The maximum Gasteiger partial charge on any atom is 0.229 e. The summed E-state index contributed by atoms with van der Waals surface area (Å²) in [5, 5.41) is 1.85. The lowest BCUT2D eigenvalue weighted by Crippen LogP contribution is -2.28. The van der Waals surface area contributed by atoms with E-state index in [2.05, 4.69) is 12.5 Å². The fraction of sp³-hybridized carbons (Fsp3) is 0.714. The zero-order valence-electron chi connectivity index (χ0n) is 6.84. The number of nitrogens with two attached hydrogens (primary N) is 1. The summed E-state index contributed by atoms with van der Waals surface area (Å²) < 4.78 is 0. The quantitative estimate of drug-likeness (QED) is 0.589. The Labute approximate surface area is 66.9 Å². The minimum Gasteiger partial charge on any atom is -0.370 e. The van der Waals surface area contributed by atoms with Crippen molar-refractivity contribution in [3.63, 3.8) is 0 Å². The molecule has 1 heterocycles. The Hall–Kier alpha value is -0.900. The Balaban J connectivity index is 2.08. The standard InChI is InChI=1S/C7H15N3O/c1-2-3-4-5-10-6-7(8)11-9-10/h6,9H,2-5,8H2,1H3. The Bertz CT molecular complexity index is 147. The minimum absolute atomic E-state index is 0.432. The highest BCUT2D eigenvalue weighted by molar-refractivity contribution is 4.88. The average molecular weight is 157 g/mol. The third-order valence-corrected chi connectivity index (χ3v) is 1.57. The van der Waals surface area contributed by atoms with Crippen molar-refractivity contribution in [1.82, 2.24) is 10.6 Å². The van der Waals surface area contributed by atoms with Crippen LogP contribution >= 0.6 is 0 Å². The van der Waals surface area contributed by atoms with E-state index in [4.69, 9.17) is 10.6 Å². The second-order valence-corrected chi connectivity index (χ2v) is 2.63. The molecule has 0 amide bonds. The molecule has 0 unspecified atom stereocenters. The van der Waals surface area contributed by atoms with Gasteiger partial charge in [0.15, 0.2) is 0 Å². The highest BCUT2D eigenvalue weighted by atomic mass is 16.7. The SMILES string of the molecule is CCCCCN1C=C(N)ON1. The third-order valence-electron chi connectivity index (χ3n) is 1.57. The lowest BCUT2D eigenvalue weighted by molar-refractivity contribution is 0.0202. The average Bonchev–Trinajstić information content (AvgIpc) is 2.37. The summed E-state index contributed by atoms with van der Waals surface area (Å²) in [6, 6.07) is 0. The van der Waals surface area contributed by atoms with E-state index in [0.717, 1.165) is 13.0 Å². The largest absolute Gasteiger partial charge is 0.370 e. The minimum atomic E-state index is 0.432. The molecule has 64 valence electrons. The zero-order chi connectivity index (χ0) is 8.10. The van der Waals surface area contributed by atoms with E-state index in [9.17, 15) is 0 Å². The number of nitrogens with zero attached hydrogens (tertiary/aromatic N) is 1. The van der Waals surface area contributed by atoms with Crippen LogP contribution in [0.3, 0.4) is 0 Å². The van der Waals surface area contributed by atoms with Crippen molar-refractivity contribution in [2.45, 2.75) is 26.2 Å². The first-order valence-electron chi connectivity index (χ1n) is 3.99. The van der Waals surface area contributed by atoms with Gasteiger partial charge in [-0.2, -0.15) is 0 Å². The van der Waals surface area contributed by atoms with Crippen LogP contribution in [0.1, 0.15) is 26.2 Å². The molecule has 0 radical (unpaired) electrons. The Morgan fingerprint density at radius 2 is 2.45 bits per heavy atom. The van der Waals surface area contributed by atoms with Crippen molar-refractivity contribution in [2.75, 3.05) is 6.54 Å². The first kappa shape index (κ1) is 8.20. The van der Waals surface area contributed by atoms with Crippen molar-refractivity contribution in [2.24, 2.45) is 5.73 Å². The molecular formula is C7H15N3O. The van der Waals surface area contributed by atoms with Crippen LogP contribution in [0.5, 0.6) is 0 Å². The van der Waals surface area contributed by atoms with Gasteiger partial charge in [0.05, 0.1) is 6.20 Å². The van der Waals surface area contributed by atoms with Crippen LogP contribution in [-0.4, -0.2) is 11.6 Å². The van der Waals surface area contributed by atoms with E-state index in [0.29, 0.717) is 5.88 Å². The second kappa shape index (κ2) is 4.08. The molecule has 0 aromatic heterocycles.